The van der Waals surface area contributed by atoms with Crippen molar-refractivity contribution >= 4 is 0 Å². The van der Waals surface area contributed by atoms with Gasteiger partial charge >= 0.3 is 0 Å². The molecule has 0 unspecified atom stereocenters. The highest BCUT2D eigenvalue weighted by molar-refractivity contribution is 5.23. The predicted octanol–water partition coefficient (Wildman–Crippen LogP) is 1.55. The first-order chi connectivity index (χ1) is 8.30. The third kappa shape index (κ3) is 1.17. The Morgan fingerprint density at radius 2 is 1.72 bits per heavy atom. The number of hydrogen-bond donors (Lipinski definition) is 3. The second-order valence-corrected chi connectivity index (χ2v) is 7.84. The molecule has 4 bridgehead atoms. The minimum absolute atomic E-state index is 0.00477. The number of aliphatic hydroxyl groups excluding tert-OH is 3. The molecular formula is C15H26O3. The lowest BCUT2D eigenvalue weighted by molar-refractivity contribution is -0.111. The molecular weight excluding hydrogens is 228 g/mol. The number of rotatable bonds is 1. The molecule has 0 aliphatic heterocycles. The van der Waals surface area contributed by atoms with Gasteiger partial charge in [-0.15, -0.1) is 0 Å². The van der Waals surface area contributed by atoms with Crippen LogP contribution in [0.1, 0.15) is 46.5 Å². The van der Waals surface area contributed by atoms with Gasteiger partial charge in [0.2, 0.25) is 0 Å². The van der Waals surface area contributed by atoms with Gasteiger partial charge in [0.15, 0.2) is 0 Å². The molecule has 0 spiro atoms. The van der Waals surface area contributed by atoms with Crippen LogP contribution in [0.2, 0.25) is 0 Å². The summed E-state index contributed by atoms with van der Waals surface area (Å²) in [4.78, 5) is 0. The lowest BCUT2D eigenvalue weighted by Crippen LogP contribution is -2.50. The summed E-state index contributed by atoms with van der Waals surface area (Å²) in [6.45, 7) is 6.62. The molecule has 3 aliphatic rings. The van der Waals surface area contributed by atoms with E-state index in [9.17, 15) is 15.3 Å². The van der Waals surface area contributed by atoms with Crippen LogP contribution < -0.4 is 0 Å². The summed E-state index contributed by atoms with van der Waals surface area (Å²) in [5, 5.41) is 31.2. The Morgan fingerprint density at radius 1 is 1.06 bits per heavy atom. The van der Waals surface area contributed by atoms with Crippen molar-refractivity contribution in [3.63, 3.8) is 0 Å². The van der Waals surface area contributed by atoms with E-state index < -0.39 is 11.5 Å². The Bertz CT molecular complexity index is 367. The van der Waals surface area contributed by atoms with Crippen molar-refractivity contribution in [3.8, 4) is 0 Å². The van der Waals surface area contributed by atoms with Crippen LogP contribution in [0.25, 0.3) is 0 Å². The molecule has 0 amide bonds. The standard InChI is InChI=1S/C15H26O3/c1-13(2)5-4-6-14(3)10-9(17)7-15(14,8-16)12(18)11(10)13/h9-12,16-18H,4-8H2,1-3H3/t9-,10+,11+,12-,14-,15+/m1/s1. The fourth-order valence-electron chi connectivity index (χ4n) is 5.87. The first-order valence-electron chi connectivity index (χ1n) is 7.27. The Balaban J connectivity index is 2.16. The maximum Gasteiger partial charge on any atom is 0.0661 e. The molecule has 3 N–H and O–H groups in total. The largest absolute Gasteiger partial charge is 0.396 e. The number of hydrogen-bond acceptors (Lipinski definition) is 3. The van der Waals surface area contributed by atoms with Crippen molar-refractivity contribution in [2.24, 2.45) is 28.1 Å². The zero-order chi connectivity index (χ0) is 13.3. The smallest absolute Gasteiger partial charge is 0.0661 e. The molecule has 0 aromatic rings. The van der Waals surface area contributed by atoms with E-state index in [2.05, 4.69) is 20.8 Å². The first kappa shape index (κ1) is 12.9. The monoisotopic (exact) mass is 254 g/mol. The Labute approximate surface area is 109 Å². The fourth-order valence-corrected chi connectivity index (χ4v) is 5.87. The molecule has 0 heterocycles. The highest BCUT2D eigenvalue weighted by Gasteiger charge is 2.75. The molecule has 0 aromatic heterocycles. The van der Waals surface area contributed by atoms with Crippen LogP contribution in [-0.2, 0) is 0 Å². The summed E-state index contributed by atoms with van der Waals surface area (Å²) in [5.74, 6) is 0.276. The van der Waals surface area contributed by atoms with Crippen molar-refractivity contribution in [2.45, 2.75) is 58.7 Å². The average Bonchev–Trinajstić information content (AvgIpc) is 2.55. The third-order valence-corrected chi connectivity index (χ3v) is 6.86. The molecule has 3 rings (SSSR count). The zero-order valence-corrected chi connectivity index (χ0v) is 11.7. The van der Waals surface area contributed by atoms with Crippen LogP contribution in [0, 0.1) is 28.1 Å². The molecule has 104 valence electrons. The normalized spacial score (nSPS) is 57.7. The second kappa shape index (κ2) is 3.50. The molecule has 0 saturated heterocycles. The quantitative estimate of drug-likeness (QED) is 0.665. The van der Waals surface area contributed by atoms with Crippen molar-refractivity contribution in [1.29, 1.82) is 0 Å². The van der Waals surface area contributed by atoms with E-state index in [0.717, 1.165) is 19.3 Å². The van der Waals surface area contributed by atoms with E-state index >= 15 is 0 Å². The van der Waals surface area contributed by atoms with E-state index in [1.165, 1.54) is 0 Å². The van der Waals surface area contributed by atoms with Gasteiger partial charge in [-0.25, -0.2) is 0 Å². The summed E-state index contributed by atoms with van der Waals surface area (Å²) in [6, 6.07) is 0. The summed E-state index contributed by atoms with van der Waals surface area (Å²) in [7, 11) is 0. The molecule has 18 heavy (non-hydrogen) atoms. The molecule has 3 heteroatoms. The van der Waals surface area contributed by atoms with Gasteiger partial charge in [0, 0.05) is 5.41 Å². The molecule has 0 aromatic carbocycles. The summed E-state index contributed by atoms with van der Waals surface area (Å²) < 4.78 is 0. The molecule has 0 radical (unpaired) electrons. The van der Waals surface area contributed by atoms with Gasteiger partial charge in [0.25, 0.3) is 0 Å². The second-order valence-electron chi connectivity index (χ2n) is 7.84. The number of aliphatic hydroxyl groups is 3. The van der Waals surface area contributed by atoms with E-state index in [4.69, 9.17) is 0 Å². The summed E-state index contributed by atoms with van der Waals surface area (Å²) in [6.07, 6.45) is 3.02. The van der Waals surface area contributed by atoms with Crippen LogP contribution in [0.4, 0.5) is 0 Å². The van der Waals surface area contributed by atoms with Crippen LogP contribution in [-0.4, -0.2) is 34.1 Å². The zero-order valence-electron chi connectivity index (χ0n) is 11.7. The highest BCUT2D eigenvalue weighted by Crippen LogP contribution is 2.73. The minimum atomic E-state index is -0.473. The van der Waals surface area contributed by atoms with Crippen molar-refractivity contribution in [3.05, 3.63) is 0 Å². The van der Waals surface area contributed by atoms with Gasteiger partial charge in [0.1, 0.15) is 0 Å². The highest BCUT2D eigenvalue weighted by atomic mass is 16.3. The third-order valence-electron chi connectivity index (χ3n) is 6.86. The van der Waals surface area contributed by atoms with Crippen LogP contribution >= 0.6 is 0 Å². The Kier molecular flexibility index (Phi) is 2.51. The van der Waals surface area contributed by atoms with Crippen LogP contribution in [0.3, 0.4) is 0 Å². The van der Waals surface area contributed by atoms with Crippen molar-refractivity contribution in [1.82, 2.24) is 0 Å². The lowest BCUT2D eigenvalue weighted by Gasteiger charge is -2.46. The van der Waals surface area contributed by atoms with E-state index in [1.807, 2.05) is 0 Å². The lowest BCUT2D eigenvalue weighted by atomic mass is 9.62. The maximum atomic E-state index is 10.8. The van der Waals surface area contributed by atoms with E-state index in [1.54, 1.807) is 0 Å². The van der Waals surface area contributed by atoms with E-state index in [-0.39, 0.29) is 35.4 Å². The summed E-state index contributed by atoms with van der Waals surface area (Å²) in [5.41, 5.74) is -0.515. The molecule has 3 aliphatic carbocycles. The van der Waals surface area contributed by atoms with Crippen LogP contribution in [0.5, 0.6) is 0 Å². The van der Waals surface area contributed by atoms with Gasteiger partial charge in [-0.1, -0.05) is 27.2 Å². The Morgan fingerprint density at radius 3 is 2.33 bits per heavy atom. The fraction of sp³-hybridized carbons (Fsp3) is 1.00. The topological polar surface area (TPSA) is 60.7 Å². The maximum absolute atomic E-state index is 10.8. The minimum Gasteiger partial charge on any atom is -0.396 e. The van der Waals surface area contributed by atoms with E-state index in [0.29, 0.717) is 6.42 Å². The van der Waals surface area contributed by atoms with Gasteiger partial charge in [0.05, 0.1) is 18.8 Å². The van der Waals surface area contributed by atoms with Crippen LogP contribution in [0.15, 0.2) is 0 Å². The first-order valence-corrected chi connectivity index (χ1v) is 7.27. The van der Waals surface area contributed by atoms with Gasteiger partial charge in [-0.05, 0) is 41.9 Å². The molecule has 6 atom stereocenters. The predicted molar refractivity (Wildman–Crippen MR) is 68.9 cm³/mol. The molecule has 3 saturated carbocycles. The van der Waals surface area contributed by atoms with Gasteiger partial charge in [-0.3, -0.25) is 0 Å². The van der Waals surface area contributed by atoms with Crippen molar-refractivity contribution in [2.75, 3.05) is 6.61 Å². The average molecular weight is 254 g/mol. The molecule has 3 fully saturated rings. The Hall–Kier alpha value is -0.120. The SMILES string of the molecule is CC1(C)CCC[C@]2(C)[C@@H]3[C@H]1[C@@H](O)[C@@]2(CO)C[C@H]3O. The van der Waals surface area contributed by atoms with Gasteiger partial charge in [-0.2, -0.15) is 0 Å². The summed E-state index contributed by atoms with van der Waals surface area (Å²) >= 11 is 0. The van der Waals surface area contributed by atoms with Gasteiger partial charge < -0.3 is 15.3 Å². The molecule has 3 nitrogen and oxygen atoms in total. The van der Waals surface area contributed by atoms with Crippen molar-refractivity contribution < 1.29 is 15.3 Å².